The summed E-state index contributed by atoms with van der Waals surface area (Å²) in [5.74, 6) is -0.341. The topological polar surface area (TPSA) is 32.3 Å². The molecule has 0 unspecified atom stereocenters. The van der Waals surface area contributed by atoms with Gasteiger partial charge < -0.3 is 5.32 Å². The van der Waals surface area contributed by atoms with Crippen molar-refractivity contribution in [2.45, 2.75) is 13.3 Å². The van der Waals surface area contributed by atoms with E-state index in [0.29, 0.717) is 18.8 Å². The average Bonchev–Trinajstić information content (AvgIpc) is 2.20. The second kappa shape index (κ2) is 3.88. The minimum atomic E-state index is -0.341. The van der Waals surface area contributed by atoms with Gasteiger partial charge in [-0.1, -0.05) is 12.1 Å². The minimum absolute atomic E-state index is 0.213. The second-order valence-corrected chi connectivity index (χ2v) is 3.64. The smallest absolute Gasteiger partial charge is 0.321 e. The molecule has 80 valence electrons. The van der Waals surface area contributed by atoms with Gasteiger partial charge in [0.25, 0.3) is 0 Å². The van der Waals surface area contributed by atoms with Crippen LogP contribution >= 0.6 is 0 Å². The summed E-state index contributed by atoms with van der Waals surface area (Å²) in [7, 11) is 0. The molecule has 1 N–H and O–H groups in total. The summed E-state index contributed by atoms with van der Waals surface area (Å²) >= 11 is 0. The molecule has 0 spiro atoms. The molecule has 0 atom stereocenters. The number of nitrogens with zero attached hydrogens (tertiary/aromatic N) is 1. The summed E-state index contributed by atoms with van der Waals surface area (Å²) in [5.41, 5.74) is 1.18. The molecule has 0 aromatic heterocycles. The predicted octanol–water partition coefficient (Wildman–Crippen LogP) is 2.05. The SMILES string of the molecule is Cc1cccc(F)c1N1CCCNC1=O. The summed E-state index contributed by atoms with van der Waals surface area (Å²) in [6.07, 6.45) is 0.847. The van der Waals surface area contributed by atoms with Gasteiger partial charge in [0.2, 0.25) is 0 Å². The average molecular weight is 208 g/mol. The van der Waals surface area contributed by atoms with Crippen molar-refractivity contribution in [3.63, 3.8) is 0 Å². The maximum absolute atomic E-state index is 13.6. The molecule has 3 nitrogen and oxygen atoms in total. The lowest BCUT2D eigenvalue weighted by molar-refractivity contribution is 0.242. The first-order chi connectivity index (χ1) is 7.20. The molecule has 2 amide bonds. The first kappa shape index (κ1) is 9.96. The van der Waals surface area contributed by atoms with Gasteiger partial charge in [0, 0.05) is 13.1 Å². The van der Waals surface area contributed by atoms with E-state index in [2.05, 4.69) is 5.32 Å². The van der Waals surface area contributed by atoms with E-state index in [0.717, 1.165) is 12.0 Å². The Morgan fingerprint density at radius 3 is 2.93 bits per heavy atom. The first-order valence-corrected chi connectivity index (χ1v) is 5.00. The largest absolute Gasteiger partial charge is 0.338 e. The molecule has 4 heteroatoms. The van der Waals surface area contributed by atoms with Crippen LogP contribution in [-0.2, 0) is 0 Å². The summed E-state index contributed by atoms with van der Waals surface area (Å²) in [5, 5.41) is 2.71. The second-order valence-electron chi connectivity index (χ2n) is 3.64. The Morgan fingerprint density at radius 2 is 2.27 bits per heavy atom. The van der Waals surface area contributed by atoms with Crippen molar-refractivity contribution in [1.82, 2.24) is 5.32 Å². The number of aryl methyl sites for hydroxylation is 1. The predicted molar refractivity (Wildman–Crippen MR) is 56.5 cm³/mol. The Kier molecular flexibility index (Phi) is 2.58. The van der Waals surface area contributed by atoms with Crippen molar-refractivity contribution in [1.29, 1.82) is 0 Å². The molecule has 1 aliphatic heterocycles. The molecule has 0 saturated carbocycles. The van der Waals surface area contributed by atoms with Gasteiger partial charge in [-0.05, 0) is 25.0 Å². The lowest BCUT2D eigenvalue weighted by atomic mass is 10.1. The molecule has 1 aliphatic rings. The molecule has 1 heterocycles. The molecule has 1 aromatic carbocycles. The van der Waals surface area contributed by atoms with Crippen LogP contribution in [0.2, 0.25) is 0 Å². The zero-order valence-corrected chi connectivity index (χ0v) is 8.59. The number of halogens is 1. The van der Waals surface area contributed by atoms with Gasteiger partial charge in [0.15, 0.2) is 0 Å². The number of rotatable bonds is 1. The van der Waals surface area contributed by atoms with Crippen molar-refractivity contribution in [2.75, 3.05) is 18.0 Å². The fraction of sp³-hybridized carbons (Fsp3) is 0.364. The van der Waals surface area contributed by atoms with Gasteiger partial charge in [-0.3, -0.25) is 4.90 Å². The van der Waals surface area contributed by atoms with Crippen molar-refractivity contribution < 1.29 is 9.18 Å². The highest BCUT2D eigenvalue weighted by molar-refractivity contribution is 5.93. The van der Waals surface area contributed by atoms with E-state index in [9.17, 15) is 9.18 Å². The summed E-state index contributed by atoms with van der Waals surface area (Å²) in [6.45, 7) is 3.05. The fourth-order valence-electron chi connectivity index (χ4n) is 1.81. The van der Waals surface area contributed by atoms with Crippen LogP contribution in [0.3, 0.4) is 0 Å². The van der Waals surface area contributed by atoms with Gasteiger partial charge >= 0.3 is 6.03 Å². The number of anilines is 1. The summed E-state index contributed by atoms with van der Waals surface area (Å²) in [6, 6.07) is 4.62. The van der Waals surface area contributed by atoms with E-state index < -0.39 is 0 Å². The van der Waals surface area contributed by atoms with Crippen molar-refractivity contribution >= 4 is 11.7 Å². The van der Waals surface area contributed by atoms with Gasteiger partial charge in [-0.25, -0.2) is 9.18 Å². The van der Waals surface area contributed by atoms with Crippen LogP contribution in [0.1, 0.15) is 12.0 Å². The van der Waals surface area contributed by atoms with Crippen molar-refractivity contribution in [3.05, 3.63) is 29.6 Å². The molecule has 1 saturated heterocycles. The highest BCUT2D eigenvalue weighted by atomic mass is 19.1. The lowest BCUT2D eigenvalue weighted by Gasteiger charge is -2.28. The highest BCUT2D eigenvalue weighted by Crippen LogP contribution is 2.24. The molecule has 0 aliphatic carbocycles. The van der Waals surface area contributed by atoms with E-state index in [1.54, 1.807) is 19.1 Å². The number of nitrogens with one attached hydrogen (secondary N) is 1. The first-order valence-electron chi connectivity index (χ1n) is 5.00. The molecule has 0 radical (unpaired) electrons. The summed E-state index contributed by atoms with van der Waals surface area (Å²) < 4.78 is 13.6. The van der Waals surface area contributed by atoms with Crippen LogP contribution in [0.25, 0.3) is 0 Å². The van der Waals surface area contributed by atoms with E-state index in [1.165, 1.54) is 11.0 Å². The zero-order chi connectivity index (χ0) is 10.8. The van der Waals surface area contributed by atoms with Gasteiger partial charge in [-0.15, -0.1) is 0 Å². The maximum atomic E-state index is 13.6. The number of hydrogen-bond donors (Lipinski definition) is 1. The van der Waals surface area contributed by atoms with E-state index in [-0.39, 0.29) is 11.8 Å². The standard InChI is InChI=1S/C11H13FN2O/c1-8-4-2-5-9(12)10(8)14-7-3-6-13-11(14)15/h2,4-5H,3,6-7H2,1H3,(H,13,15). The van der Waals surface area contributed by atoms with Gasteiger partial charge in [-0.2, -0.15) is 0 Å². The van der Waals surface area contributed by atoms with E-state index in [1.807, 2.05) is 0 Å². The van der Waals surface area contributed by atoms with Crippen LogP contribution in [-0.4, -0.2) is 19.1 Å². The van der Waals surface area contributed by atoms with Crippen LogP contribution in [0.4, 0.5) is 14.9 Å². The van der Waals surface area contributed by atoms with E-state index in [4.69, 9.17) is 0 Å². The number of hydrogen-bond acceptors (Lipinski definition) is 1. The summed E-state index contributed by atoms with van der Waals surface area (Å²) in [4.78, 5) is 13.0. The fourth-order valence-corrected chi connectivity index (χ4v) is 1.81. The minimum Gasteiger partial charge on any atom is -0.338 e. The van der Waals surface area contributed by atoms with Crippen molar-refractivity contribution in [3.8, 4) is 0 Å². The normalized spacial score (nSPS) is 16.4. The number of carbonyl (C=O) groups is 1. The molecular weight excluding hydrogens is 195 g/mol. The lowest BCUT2D eigenvalue weighted by Crippen LogP contribution is -2.47. The zero-order valence-electron chi connectivity index (χ0n) is 8.59. The number of para-hydroxylation sites is 1. The van der Waals surface area contributed by atoms with E-state index >= 15 is 0 Å². The van der Waals surface area contributed by atoms with Crippen LogP contribution in [0.15, 0.2) is 18.2 Å². The monoisotopic (exact) mass is 208 g/mol. The molecular formula is C11H13FN2O. The van der Waals surface area contributed by atoms with Crippen molar-refractivity contribution in [2.24, 2.45) is 0 Å². The number of benzene rings is 1. The quantitative estimate of drug-likeness (QED) is 0.752. The molecule has 15 heavy (non-hydrogen) atoms. The number of urea groups is 1. The maximum Gasteiger partial charge on any atom is 0.321 e. The Bertz CT molecular complexity index is 372. The Labute approximate surface area is 87.9 Å². The van der Waals surface area contributed by atoms with Crippen LogP contribution in [0.5, 0.6) is 0 Å². The third-order valence-corrected chi connectivity index (χ3v) is 2.54. The Hall–Kier alpha value is -1.58. The number of carbonyl (C=O) groups excluding carboxylic acids is 1. The Balaban J connectivity index is 2.39. The molecule has 1 fully saturated rings. The third kappa shape index (κ3) is 1.79. The van der Waals surface area contributed by atoms with Crippen LogP contribution < -0.4 is 10.2 Å². The van der Waals surface area contributed by atoms with Crippen LogP contribution in [0, 0.1) is 12.7 Å². The number of amides is 2. The molecule has 1 aromatic rings. The van der Waals surface area contributed by atoms with Gasteiger partial charge in [0.05, 0.1) is 5.69 Å². The highest BCUT2D eigenvalue weighted by Gasteiger charge is 2.23. The Morgan fingerprint density at radius 1 is 1.47 bits per heavy atom. The third-order valence-electron chi connectivity index (χ3n) is 2.54. The molecule has 0 bridgehead atoms. The van der Waals surface area contributed by atoms with Gasteiger partial charge in [0.1, 0.15) is 5.82 Å². The molecule has 2 rings (SSSR count).